The van der Waals surface area contributed by atoms with E-state index in [1.807, 2.05) is 12.2 Å². The Morgan fingerprint density at radius 2 is 2.27 bits per heavy atom. The van der Waals surface area contributed by atoms with Crippen LogP contribution in [0.25, 0.3) is 0 Å². The van der Waals surface area contributed by atoms with Gasteiger partial charge < -0.3 is 5.73 Å². The number of nitriles is 1. The highest BCUT2D eigenvalue weighted by Gasteiger charge is 2.16. The van der Waals surface area contributed by atoms with Crippen LogP contribution in [-0.2, 0) is 6.54 Å². The lowest BCUT2D eigenvalue weighted by Gasteiger charge is -2.16. The van der Waals surface area contributed by atoms with Gasteiger partial charge in [0, 0.05) is 28.5 Å². The van der Waals surface area contributed by atoms with Crippen LogP contribution in [0.3, 0.4) is 0 Å². The minimum absolute atomic E-state index is 0.00933. The van der Waals surface area contributed by atoms with Crippen molar-refractivity contribution in [3.8, 4) is 6.07 Å². The van der Waals surface area contributed by atoms with E-state index in [-0.39, 0.29) is 18.3 Å². The van der Waals surface area contributed by atoms with Crippen LogP contribution in [0.1, 0.15) is 18.9 Å². The first kappa shape index (κ1) is 15.7. The summed E-state index contributed by atoms with van der Waals surface area (Å²) < 4.78 is 13.7. The lowest BCUT2D eigenvalue weighted by molar-refractivity contribution is 0.610. The molecule has 22 heavy (non-hydrogen) atoms. The average molecular weight is 295 g/mol. The van der Waals surface area contributed by atoms with Crippen LogP contribution in [-0.4, -0.2) is 5.71 Å². The van der Waals surface area contributed by atoms with Gasteiger partial charge in [0.25, 0.3) is 0 Å². The van der Waals surface area contributed by atoms with Gasteiger partial charge in [-0.3, -0.25) is 4.99 Å². The molecule has 0 fully saturated rings. The number of halogens is 1. The molecule has 0 saturated carbocycles. The zero-order chi connectivity index (χ0) is 15.9. The number of hydrogen-bond acceptors (Lipinski definition) is 3. The molecule has 0 aliphatic heterocycles. The van der Waals surface area contributed by atoms with E-state index in [9.17, 15) is 4.39 Å². The average Bonchev–Trinajstić information content (AvgIpc) is 2.52. The summed E-state index contributed by atoms with van der Waals surface area (Å²) >= 11 is 0. The third-order valence-corrected chi connectivity index (χ3v) is 3.37. The van der Waals surface area contributed by atoms with Crippen molar-refractivity contribution in [2.45, 2.75) is 19.9 Å². The SMILES string of the molecule is CC(N)=CC(=NCc1ccccc1F)C1C=CC=C(C#N)C1. The molecule has 1 aliphatic rings. The van der Waals surface area contributed by atoms with Crippen molar-refractivity contribution in [2.75, 3.05) is 0 Å². The van der Waals surface area contributed by atoms with Crippen molar-refractivity contribution in [2.24, 2.45) is 16.6 Å². The first-order valence-corrected chi connectivity index (χ1v) is 7.09. The first-order valence-electron chi connectivity index (χ1n) is 7.09. The highest BCUT2D eigenvalue weighted by atomic mass is 19.1. The van der Waals surface area contributed by atoms with Crippen LogP contribution in [0.15, 0.2) is 64.8 Å². The smallest absolute Gasteiger partial charge is 0.128 e. The van der Waals surface area contributed by atoms with Gasteiger partial charge in [0.05, 0.1) is 12.6 Å². The highest BCUT2D eigenvalue weighted by Crippen LogP contribution is 2.21. The number of nitrogens with two attached hydrogens (primary N) is 1. The number of hydrogen-bond donors (Lipinski definition) is 1. The minimum Gasteiger partial charge on any atom is -0.402 e. The molecule has 1 aliphatic carbocycles. The number of nitrogens with zero attached hydrogens (tertiary/aromatic N) is 2. The molecule has 0 spiro atoms. The third-order valence-electron chi connectivity index (χ3n) is 3.37. The van der Waals surface area contributed by atoms with Crippen molar-refractivity contribution in [1.29, 1.82) is 5.26 Å². The Morgan fingerprint density at radius 3 is 2.95 bits per heavy atom. The molecule has 4 heteroatoms. The van der Waals surface area contributed by atoms with Gasteiger partial charge >= 0.3 is 0 Å². The molecule has 2 rings (SSSR count). The zero-order valence-electron chi connectivity index (χ0n) is 12.5. The molecule has 1 unspecified atom stereocenters. The van der Waals surface area contributed by atoms with Crippen LogP contribution in [0.5, 0.6) is 0 Å². The van der Waals surface area contributed by atoms with E-state index in [1.165, 1.54) is 6.07 Å². The van der Waals surface area contributed by atoms with Crippen LogP contribution < -0.4 is 5.73 Å². The van der Waals surface area contributed by atoms with Crippen LogP contribution >= 0.6 is 0 Å². The number of allylic oxidation sites excluding steroid dienone is 6. The third kappa shape index (κ3) is 4.16. The van der Waals surface area contributed by atoms with Gasteiger partial charge in [-0.05, 0) is 31.6 Å². The monoisotopic (exact) mass is 295 g/mol. The molecule has 1 aromatic rings. The van der Waals surface area contributed by atoms with Crippen molar-refractivity contribution >= 4 is 5.71 Å². The Hall–Kier alpha value is -2.67. The predicted octanol–water partition coefficient (Wildman–Crippen LogP) is 3.66. The second-order valence-electron chi connectivity index (χ2n) is 5.22. The summed E-state index contributed by atoms with van der Waals surface area (Å²) in [7, 11) is 0. The summed E-state index contributed by atoms with van der Waals surface area (Å²) in [5.74, 6) is -0.277. The molecular weight excluding hydrogens is 277 g/mol. The molecule has 0 bridgehead atoms. The van der Waals surface area contributed by atoms with E-state index in [2.05, 4.69) is 11.1 Å². The largest absolute Gasteiger partial charge is 0.402 e. The molecule has 0 radical (unpaired) electrons. The Labute approximate surface area is 130 Å². The van der Waals surface area contributed by atoms with E-state index < -0.39 is 0 Å². The van der Waals surface area contributed by atoms with Crippen LogP contribution in [0.2, 0.25) is 0 Å². The molecular formula is C18H18FN3. The summed E-state index contributed by atoms with van der Waals surface area (Å²) in [5, 5.41) is 9.04. The van der Waals surface area contributed by atoms with Gasteiger partial charge in [0.2, 0.25) is 0 Å². The fraction of sp³-hybridized carbons (Fsp3) is 0.222. The van der Waals surface area contributed by atoms with E-state index in [0.29, 0.717) is 23.3 Å². The van der Waals surface area contributed by atoms with Gasteiger partial charge in [-0.15, -0.1) is 0 Å². The highest BCUT2D eigenvalue weighted by molar-refractivity contribution is 5.98. The summed E-state index contributed by atoms with van der Waals surface area (Å²) in [6.45, 7) is 2.04. The Bertz CT molecular complexity index is 701. The maximum Gasteiger partial charge on any atom is 0.128 e. The van der Waals surface area contributed by atoms with Crippen molar-refractivity contribution in [3.05, 3.63) is 71.2 Å². The van der Waals surface area contributed by atoms with Crippen molar-refractivity contribution in [1.82, 2.24) is 0 Å². The topological polar surface area (TPSA) is 62.2 Å². The van der Waals surface area contributed by atoms with E-state index in [1.54, 1.807) is 37.3 Å². The molecule has 2 N–H and O–H groups in total. The van der Waals surface area contributed by atoms with Gasteiger partial charge in [0.15, 0.2) is 0 Å². The van der Waals surface area contributed by atoms with E-state index in [0.717, 1.165) is 5.71 Å². The van der Waals surface area contributed by atoms with Crippen molar-refractivity contribution < 1.29 is 4.39 Å². The lowest BCUT2D eigenvalue weighted by atomic mass is 9.90. The van der Waals surface area contributed by atoms with Gasteiger partial charge in [-0.2, -0.15) is 5.26 Å². The van der Waals surface area contributed by atoms with Gasteiger partial charge in [-0.25, -0.2) is 4.39 Å². The number of benzene rings is 1. The maximum absolute atomic E-state index is 13.7. The second-order valence-corrected chi connectivity index (χ2v) is 5.22. The lowest BCUT2D eigenvalue weighted by Crippen LogP contribution is -2.15. The molecule has 1 aromatic carbocycles. The minimum atomic E-state index is -0.268. The molecule has 3 nitrogen and oxygen atoms in total. The quantitative estimate of drug-likeness (QED) is 0.862. The normalized spacial score (nSPS) is 18.8. The fourth-order valence-corrected chi connectivity index (χ4v) is 2.27. The Morgan fingerprint density at radius 1 is 1.50 bits per heavy atom. The van der Waals surface area contributed by atoms with Crippen molar-refractivity contribution in [3.63, 3.8) is 0 Å². The number of aliphatic imine (C=N–C) groups is 1. The summed E-state index contributed by atoms with van der Waals surface area (Å²) in [6, 6.07) is 8.75. The fourth-order valence-electron chi connectivity index (χ4n) is 2.27. The molecule has 0 aromatic heterocycles. The zero-order valence-corrected chi connectivity index (χ0v) is 12.5. The molecule has 112 valence electrons. The standard InChI is InChI=1S/C18H18FN3/c1-13(21)9-18(15-7-4-5-14(10-15)11-20)22-12-16-6-2-3-8-17(16)19/h2-9,15H,10,12,21H2,1H3. The predicted molar refractivity (Wildman–Crippen MR) is 86.4 cm³/mol. The summed E-state index contributed by atoms with van der Waals surface area (Å²) in [6.07, 6.45) is 8.01. The van der Waals surface area contributed by atoms with E-state index >= 15 is 0 Å². The Kier molecular flexibility index (Phi) is 5.26. The summed E-state index contributed by atoms with van der Waals surface area (Å²) in [4.78, 5) is 4.52. The maximum atomic E-state index is 13.7. The number of rotatable bonds is 4. The van der Waals surface area contributed by atoms with Gasteiger partial charge in [0.1, 0.15) is 5.82 Å². The molecule has 0 saturated heterocycles. The summed E-state index contributed by atoms with van der Waals surface area (Å²) in [5.41, 5.74) is 8.41. The van der Waals surface area contributed by atoms with Crippen LogP contribution in [0.4, 0.5) is 4.39 Å². The molecule has 1 atom stereocenters. The van der Waals surface area contributed by atoms with E-state index in [4.69, 9.17) is 11.0 Å². The Balaban J connectivity index is 2.24. The molecule has 0 amide bonds. The first-order chi connectivity index (χ1) is 10.6. The van der Waals surface area contributed by atoms with Gasteiger partial charge in [-0.1, -0.05) is 30.4 Å². The van der Waals surface area contributed by atoms with Crippen LogP contribution in [0, 0.1) is 23.1 Å². The second kappa shape index (κ2) is 7.37. The molecule has 0 heterocycles.